The van der Waals surface area contributed by atoms with E-state index < -0.39 is 9.84 Å². The van der Waals surface area contributed by atoms with Crippen molar-refractivity contribution in [3.8, 4) is 0 Å². The van der Waals surface area contributed by atoms with Crippen molar-refractivity contribution in [2.45, 2.75) is 52.0 Å². The highest BCUT2D eigenvalue weighted by atomic mass is 32.2. The van der Waals surface area contributed by atoms with Gasteiger partial charge in [0, 0.05) is 24.6 Å². The monoisotopic (exact) mass is 263 g/mol. The highest BCUT2D eigenvalue weighted by Gasteiger charge is 2.13. The fraction of sp³-hybridized carbons (Fsp3) is 0.917. The van der Waals surface area contributed by atoms with Gasteiger partial charge in [0.2, 0.25) is 0 Å². The van der Waals surface area contributed by atoms with Gasteiger partial charge in [0.25, 0.3) is 0 Å². The summed E-state index contributed by atoms with van der Waals surface area (Å²) in [6.07, 6.45) is 4.74. The molecule has 0 spiro atoms. The Morgan fingerprint density at radius 1 is 1.18 bits per heavy atom. The number of carbonyl (C=O) groups is 1. The molecule has 102 valence electrons. The van der Waals surface area contributed by atoms with Gasteiger partial charge in [-0.25, -0.2) is 8.42 Å². The lowest BCUT2D eigenvalue weighted by Crippen LogP contribution is -2.17. The Morgan fingerprint density at radius 2 is 1.76 bits per heavy atom. The minimum Gasteiger partial charge on any atom is -0.328 e. The number of ketones is 1. The van der Waals surface area contributed by atoms with Crippen LogP contribution in [0.15, 0.2) is 0 Å². The highest BCUT2D eigenvalue weighted by molar-refractivity contribution is 7.90. The van der Waals surface area contributed by atoms with E-state index in [9.17, 15) is 13.2 Å². The summed E-state index contributed by atoms with van der Waals surface area (Å²) in [5.41, 5.74) is 5.63. The van der Waals surface area contributed by atoms with E-state index in [0.717, 1.165) is 19.3 Å². The van der Waals surface area contributed by atoms with Crippen molar-refractivity contribution in [2.75, 3.05) is 12.0 Å². The van der Waals surface area contributed by atoms with Crippen LogP contribution in [-0.4, -0.2) is 32.3 Å². The fourth-order valence-electron chi connectivity index (χ4n) is 1.66. The molecule has 5 heteroatoms. The molecular formula is C12H25NO3S. The van der Waals surface area contributed by atoms with Gasteiger partial charge in [-0.15, -0.1) is 0 Å². The van der Waals surface area contributed by atoms with E-state index in [2.05, 4.69) is 0 Å². The Balaban J connectivity index is 3.75. The normalized spacial score (nSPS) is 15.5. The second kappa shape index (κ2) is 7.82. The molecule has 0 aliphatic heterocycles. The van der Waals surface area contributed by atoms with Crippen molar-refractivity contribution in [1.29, 1.82) is 0 Å². The van der Waals surface area contributed by atoms with Crippen molar-refractivity contribution in [1.82, 2.24) is 0 Å². The Kier molecular flexibility index (Phi) is 7.63. The Morgan fingerprint density at radius 3 is 2.24 bits per heavy atom. The molecule has 0 aromatic heterocycles. The van der Waals surface area contributed by atoms with Crippen LogP contribution in [0.3, 0.4) is 0 Å². The maximum atomic E-state index is 11.7. The predicted octanol–water partition coefficient (Wildman–Crippen LogP) is 1.53. The first-order chi connectivity index (χ1) is 7.72. The molecule has 0 aliphatic rings. The number of hydrogen-bond acceptors (Lipinski definition) is 4. The summed E-state index contributed by atoms with van der Waals surface area (Å²) in [6.45, 7) is 3.86. The third-order valence-electron chi connectivity index (χ3n) is 2.78. The number of hydrogen-bond donors (Lipinski definition) is 1. The molecule has 2 atom stereocenters. The van der Waals surface area contributed by atoms with Gasteiger partial charge in [-0.2, -0.15) is 0 Å². The third kappa shape index (κ3) is 10.5. The molecule has 0 saturated heterocycles. The second-order valence-electron chi connectivity index (χ2n) is 5.01. The van der Waals surface area contributed by atoms with Crippen LogP contribution in [-0.2, 0) is 14.6 Å². The number of carbonyl (C=O) groups excluding carboxylic acids is 1. The lowest BCUT2D eigenvalue weighted by atomic mass is 9.96. The van der Waals surface area contributed by atoms with E-state index in [1.165, 1.54) is 6.26 Å². The van der Waals surface area contributed by atoms with Crippen LogP contribution in [0.1, 0.15) is 46.0 Å². The zero-order valence-corrected chi connectivity index (χ0v) is 11.9. The zero-order valence-electron chi connectivity index (χ0n) is 11.1. The summed E-state index contributed by atoms with van der Waals surface area (Å²) in [5.74, 6) is 0.289. The van der Waals surface area contributed by atoms with Crippen LogP contribution in [0, 0.1) is 5.92 Å². The van der Waals surface area contributed by atoms with Crippen LogP contribution in [0.4, 0.5) is 0 Å². The largest absolute Gasteiger partial charge is 0.328 e. The lowest BCUT2D eigenvalue weighted by molar-refractivity contribution is -0.122. The average Bonchev–Trinajstić information content (AvgIpc) is 2.14. The Bertz CT molecular complexity index is 323. The van der Waals surface area contributed by atoms with Gasteiger partial charge in [0.15, 0.2) is 0 Å². The fourth-order valence-corrected chi connectivity index (χ4v) is 2.33. The molecule has 0 radical (unpaired) electrons. The Labute approximate surface area is 105 Å². The van der Waals surface area contributed by atoms with Gasteiger partial charge < -0.3 is 5.73 Å². The first-order valence-corrected chi connectivity index (χ1v) is 8.24. The van der Waals surface area contributed by atoms with Crippen molar-refractivity contribution in [3.05, 3.63) is 0 Å². The lowest BCUT2D eigenvalue weighted by Gasteiger charge is -2.11. The molecule has 2 N–H and O–H groups in total. The maximum Gasteiger partial charge on any atom is 0.147 e. The third-order valence-corrected chi connectivity index (χ3v) is 3.81. The molecule has 0 fully saturated rings. The van der Waals surface area contributed by atoms with Crippen LogP contribution < -0.4 is 5.73 Å². The van der Waals surface area contributed by atoms with Gasteiger partial charge >= 0.3 is 0 Å². The molecule has 17 heavy (non-hydrogen) atoms. The van der Waals surface area contributed by atoms with E-state index in [1.807, 2.05) is 13.8 Å². The molecule has 0 heterocycles. The Hall–Kier alpha value is -0.420. The van der Waals surface area contributed by atoms with E-state index >= 15 is 0 Å². The first-order valence-electron chi connectivity index (χ1n) is 6.18. The van der Waals surface area contributed by atoms with Gasteiger partial charge in [0.1, 0.15) is 15.6 Å². The van der Waals surface area contributed by atoms with Gasteiger partial charge in [-0.1, -0.05) is 13.3 Å². The molecule has 2 unspecified atom stereocenters. The average molecular weight is 263 g/mol. The quantitative estimate of drug-likeness (QED) is 0.684. The molecule has 0 aromatic carbocycles. The first kappa shape index (κ1) is 16.6. The summed E-state index contributed by atoms with van der Waals surface area (Å²) in [5, 5.41) is 0. The molecule has 0 saturated carbocycles. The van der Waals surface area contributed by atoms with Gasteiger partial charge in [-0.05, 0) is 26.2 Å². The van der Waals surface area contributed by atoms with Crippen LogP contribution in [0.2, 0.25) is 0 Å². The second-order valence-corrected chi connectivity index (χ2v) is 7.27. The predicted molar refractivity (Wildman–Crippen MR) is 70.6 cm³/mol. The van der Waals surface area contributed by atoms with E-state index in [4.69, 9.17) is 5.73 Å². The molecule has 0 aromatic rings. The van der Waals surface area contributed by atoms with Gasteiger partial charge in [0.05, 0.1) is 5.75 Å². The molecule has 0 bridgehead atoms. The van der Waals surface area contributed by atoms with Crippen molar-refractivity contribution >= 4 is 15.6 Å². The van der Waals surface area contributed by atoms with E-state index in [1.54, 1.807) is 0 Å². The minimum absolute atomic E-state index is 0.0216. The SMILES string of the molecule is CC(N)CCCC(C)C(=O)CCCS(C)(=O)=O. The summed E-state index contributed by atoms with van der Waals surface area (Å²) in [4.78, 5) is 11.7. The maximum absolute atomic E-state index is 11.7. The molecule has 0 rings (SSSR count). The summed E-state index contributed by atoms with van der Waals surface area (Å²) < 4.78 is 21.8. The summed E-state index contributed by atoms with van der Waals surface area (Å²) in [6, 6.07) is 0.183. The number of sulfone groups is 1. The number of rotatable bonds is 9. The van der Waals surface area contributed by atoms with Gasteiger partial charge in [-0.3, -0.25) is 4.79 Å². The minimum atomic E-state index is -2.94. The van der Waals surface area contributed by atoms with E-state index in [0.29, 0.717) is 12.8 Å². The number of nitrogens with two attached hydrogens (primary N) is 1. The van der Waals surface area contributed by atoms with Crippen molar-refractivity contribution < 1.29 is 13.2 Å². The van der Waals surface area contributed by atoms with Crippen molar-refractivity contribution in [3.63, 3.8) is 0 Å². The smallest absolute Gasteiger partial charge is 0.147 e. The molecule has 4 nitrogen and oxygen atoms in total. The molecular weight excluding hydrogens is 238 g/mol. The number of Topliss-reactive ketones (excluding diaryl/α,β-unsaturated/α-hetero) is 1. The topological polar surface area (TPSA) is 77.2 Å². The summed E-state index contributed by atoms with van der Waals surface area (Å²) in [7, 11) is -2.94. The molecule has 0 aliphatic carbocycles. The van der Waals surface area contributed by atoms with Crippen LogP contribution in [0.25, 0.3) is 0 Å². The van der Waals surface area contributed by atoms with Crippen LogP contribution in [0.5, 0.6) is 0 Å². The zero-order chi connectivity index (χ0) is 13.5. The van der Waals surface area contributed by atoms with Crippen molar-refractivity contribution in [2.24, 2.45) is 11.7 Å². The highest BCUT2D eigenvalue weighted by Crippen LogP contribution is 2.13. The standard InChI is InChI=1S/C12H25NO3S/c1-10(6-4-7-11(2)13)12(14)8-5-9-17(3,15)16/h10-11H,4-9,13H2,1-3H3. The van der Waals surface area contributed by atoms with E-state index in [-0.39, 0.29) is 23.5 Å². The molecule has 0 amide bonds. The summed E-state index contributed by atoms with van der Waals surface area (Å²) >= 11 is 0. The van der Waals surface area contributed by atoms with Crippen LogP contribution >= 0.6 is 0 Å².